The molecule has 130 valence electrons. The van der Waals surface area contributed by atoms with Crippen LogP contribution in [-0.2, 0) is 9.59 Å². The van der Waals surface area contributed by atoms with Crippen LogP contribution in [0.4, 0.5) is 17.3 Å². The Balaban J connectivity index is 1.88. The molecule has 0 aliphatic carbocycles. The van der Waals surface area contributed by atoms with Crippen molar-refractivity contribution < 1.29 is 14.7 Å². The van der Waals surface area contributed by atoms with Crippen molar-refractivity contribution in [1.82, 2.24) is 15.6 Å². The quantitative estimate of drug-likeness (QED) is 0.491. The highest BCUT2D eigenvalue weighted by Crippen LogP contribution is 2.31. The highest BCUT2D eigenvalue weighted by molar-refractivity contribution is 5.68. The number of nitrogen functional groups attached to an aromatic ring is 1. The van der Waals surface area contributed by atoms with E-state index in [2.05, 4.69) is 15.6 Å². The van der Waals surface area contributed by atoms with Gasteiger partial charge in [-0.25, -0.2) is 4.98 Å². The number of aliphatic hydroxyl groups is 1. The van der Waals surface area contributed by atoms with E-state index in [9.17, 15) is 14.7 Å². The van der Waals surface area contributed by atoms with Gasteiger partial charge in [-0.15, -0.1) is 0 Å². The maximum Gasteiger partial charge on any atom is 0.208 e. The number of rotatable bonds is 6. The van der Waals surface area contributed by atoms with Gasteiger partial charge in [-0.1, -0.05) is 0 Å². The highest BCUT2D eigenvalue weighted by Gasteiger charge is 2.33. The fraction of sp³-hybridized carbons (Fsp3) is 0.533. The number of amides is 2. The molecule has 3 atom stereocenters. The summed E-state index contributed by atoms with van der Waals surface area (Å²) in [7, 11) is 0. The second-order valence-corrected chi connectivity index (χ2v) is 6.06. The maximum atomic E-state index is 10.8. The molecule has 2 fully saturated rings. The average Bonchev–Trinajstić information content (AvgIpc) is 3.15. The molecule has 9 heteroatoms. The summed E-state index contributed by atoms with van der Waals surface area (Å²) in [5.74, 6) is 1.24. The van der Waals surface area contributed by atoms with E-state index in [4.69, 9.17) is 5.73 Å². The minimum absolute atomic E-state index is 0.124. The van der Waals surface area contributed by atoms with Crippen LogP contribution in [0.1, 0.15) is 19.3 Å². The maximum absolute atomic E-state index is 10.8. The van der Waals surface area contributed by atoms with E-state index in [-0.39, 0.29) is 12.3 Å². The molecule has 2 amide bonds. The van der Waals surface area contributed by atoms with Crippen LogP contribution in [0.15, 0.2) is 12.1 Å². The van der Waals surface area contributed by atoms with E-state index in [1.54, 1.807) is 12.1 Å². The Labute approximate surface area is 139 Å². The van der Waals surface area contributed by atoms with Crippen LogP contribution in [0.5, 0.6) is 0 Å². The first-order chi connectivity index (χ1) is 11.6. The largest absolute Gasteiger partial charge is 0.396 e. The molecular weight excluding hydrogens is 312 g/mol. The minimum atomic E-state index is -0.526. The van der Waals surface area contributed by atoms with Crippen molar-refractivity contribution in [3.05, 3.63) is 12.1 Å². The number of aliphatic hydroxyl groups excluding tert-OH is 1. The minimum Gasteiger partial charge on any atom is -0.396 e. The lowest BCUT2D eigenvalue weighted by Crippen LogP contribution is -2.43. The molecule has 2 aliphatic rings. The van der Waals surface area contributed by atoms with E-state index < -0.39 is 6.10 Å². The summed E-state index contributed by atoms with van der Waals surface area (Å²) >= 11 is 0. The average molecular weight is 334 g/mol. The third-order valence-corrected chi connectivity index (χ3v) is 4.51. The zero-order chi connectivity index (χ0) is 17.1. The smallest absolute Gasteiger partial charge is 0.208 e. The summed E-state index contributed by atoms with van der Waals surface area (Å²) in [6.07, 6.45) is 2.57. The van der Waals surface area contributed by atoms with Crippen LogP contribution in [0.25, 0.3) is 0 Å². The molecule has 2 saturated heterocycles. The van der Waals surface area contributed by atoms with E-state index in [1.807, 2.05) is 9.80 Å². The molecule has 3 rings (SSSR count). The summed E-state index contributed by atoms with van der Waals surface area (Å²) in [6, 6.07) is 3.53. The second-order valence-electron chi connectivity index (χ2n) is 6.06. The van der Waals surface area contributed by atoms with E-state index in [1.165, 1.54) is 0 Å². The highest BCUT2D eigenvalue weighted by atomic mass is 16.3. The Morgan fingerprint density at radius 1 is 1.21 bits per heavy atom. The summed E-state index contributed by atoms with van der Waals surface area (Å²) < 4.78 is 0. The van der Waals surface area contributed by atoms with Crippen LogP contribution >= 0.6 is 0 Å². The van der Waals surface area contributed by atoms with E-state index in [0.29, 0.717) is 43.1 Å². The molecule has 0 bridgehead atoms. The SMILES string of the molecule is Nc1ccc(N2CC(O)CC2NC=O)nc1N1CCCC1NC=O. The lowest BCUT2D eigenvalue weighted by molar-refractivity contribution is -0.110. The van der Waals surface area contributed by atoms with Gasteiger partial charge < -0.3 is 31.3 Å². The molecule has 1 aromatic heterocycles. The Hall–Kier alpha value is -2.55. The topological polar surface area (TPSA) is 124 Å². The standard InChI is InChI=1S/C15H22N6O3/c16-11-3-4-13(21-7-10(24)6-14(21)18-9-23)19-15(11)20-5-1-2-12(20)17-8-22/h3-4,8-10,12,14,24H,1-2,5-7,16H2,(H,17,22)(H,18,23). The fourth-order valence-corrected chi connectivity index (χ4v) is 3.41. The fourth-order valence-electron chi connectivity index (χ4n) is 3.41. The molecule has 3 unspecified atom stereocenters. The van der Waals surface area contributed by atoms with Gasteiger partial charge in [0.15, 0.2) is 5.82 Å². The van der Waals surface area contributed by atoms with Crippen molar-refractivity contribution in [3.8, 4) is 0 Å². The molecule has 1 aromatic rings. The van der Waals surface area contributed by atoms with E-state index in [0.717, 1.165) is 19.4 Å². The third kappa shape index (κ3) is 3.07. The van der Waals surface area contributed by atoms with Gasteiger partial charge in [0.25, 0.3) is 0 Å². The molecule has 0 spiro atoms. The first-order valence-corrected chi connectivity index (χ1v) is 8.01. The Bertz CT molecular complexity index is 613. The molecule has 0 aromatic carbocycles. The monoisotopic (exact) mass is 334 g/mol. The van der Waals surface area contributed by atoms with E-state index >= 15 is 0 Å². The Kier molecular flexibility index (Phi) is 4.70. The summed E-state index contributed by atoms with van der Waals surface area (Å²) in [5, 5.41) is 15.4. The summed E-state index contributed by atoms with van der Waals surface area (Å²) in [6.45, 7) is 1.14. The van der Waals surface area contributed by atoms with Gasteiger partial charge in [0, 0.05) is 19.5 Å². The number of nitrogens with zero attached hydrogens (tertiary/aromatic N) is 3. The van der Waals surface area contributed by atoms with Gasteiger partial charge in [-0.3, -0.25) is 9.59 Å². The Morgan fingerprint density at radius 2 is 1.96 bits per heavy atom. The van der Waals surface area contributed by atoms with Gasteiger partial charge in [0.1, 0.15) is 18.1 Å². The van der Waals surface area contributed by atoms with Crippen LogP contribution in [-0.4, -0.2) is 54.4 Å². The zero-order valence-electron chi connectivity index (χ0n) is 13.3. The van der Waals surface area contributed by atoms with Crippen LogP contribution in [0.2, 0.25) is 0 Å². The lowest BCUT2D eigenvalue weighted by atomic mass is 10.3. The molecule has 0 radical (unpaired) electrons. The first kappa shape index (κ1) is 16.3. The Morgan fingerprint density at radius 3 is 2.71 bits per heavy atom. The number of carbonyl (C=O) groups excluding carboxylic acids is 2. The number of aromatic nitrogens is 1. The number of anilines is 3. The van der Waals surface area contributed by atoms with Gasteiger partial charge in [0.2, 0.25) is 12.8 Å². The lowest BCUT2D eigenvalue weighted by Gasteiger charge is -2.29. The number of hydrogen-bond acceptors (Lipinski definition) is 7. The summed E-state index contributed by atoms with van der Waals surface area (Å²) in [4.78, 5) is 30.0. The van der Waals surface area contributed by atoms with Gasteiger partial charge >= 0.3 is 0 Å². The number of carbonyl (C=O) groups is 2. The van der Waals surface area contributed by atoms with Crippen molar-refractivity contribution in [3.63, 3.8) is 0 Å². The van der Waals surface area contributed by atoms with Crippen molar-refractivity contribution in [1.29, 1.82) is 0 Å². The molecule has 9 nitrogen and oxygen atoms in total. The van der Waals surface area contributed by atoms with Crippen LogP contribution in [0, 0.1) is 0 Å². The number of nitrogens with one attached hydrogen (secondary N) is 2. The predicted molar refractivity (Wildman–Crippen MR) is 89.2 cm³/mol. The number of nitrogens with two attached hydrogens (primary N) is 1. The molecule has 0 saturated carbocycles. The number of β-amino-alcohol motifs (C(OH)–C–C–N with tert-alkyl or cyclic N) is 1. The normalized spacial score (nSPS) is 26.5. The van der Waals surface area contributed by atoms with Gasteiger partial charge in [-0.05, 0) is 25.0 Å². The zero-order valence-corrected chi connectivity index (χ0v) is 13.3. The predicted octanol–water partition coefficient (Wildman–Crippen LogP) is -1.02. The molecular formula is C15H22N6O3. The third-order valence-electron chi connectivity index (χ3n) is 4.51. The van der Waals surface area contributed by atoms with Crippen molar-refractivity contribution >= 4 is 30.1 Å². The molecule has 3 heterocycles. The molecule has 2 aliphatic heterocycles. The van der Waals surface area contributed by atoms with Crippen molar-refractivity contribution in [2.24, 2.45) is 0 Å². The first-order valence-electron chi connectivity index (χ1n) is 8.01. The summed E-state index contributed by atoms with van der Waals surface area (Å²) in [5.41, 5.74) is 6.61. The second kappa shape index (κ2) is 6.91. The van der Waals surface area contributed by atoms with Crippen molar-refractivity contribution in [2.45, 2.75) is 37.7 Å². The molecule has 24 heavy (non-hydrogen) atoms. The number of pyridine rings is 1. The van der Waals surface area contributed by atoms with Crippen LogP contribution in [0.3, 0.4) is 0 Å². The van der Waals surface area contributed by atoms with Crippen molar-refractivity contribution in [2.75, 3.05) is 28.6 Å². The van der Waals surface area contributed by atoms with Gasteiger partial charge in [-0.2, -0.15) is 0 Å². The number of hydrogen-bond donors (Lipinski definition) is 4. The molecule has 5 N–H and O–H groups in total. The van der Waals surface area contributed by atoms with Crippen LogP contribution < -0.4 is 26.2 Å². The van der Waals surface area contributed by atoms with Gasteiger partial charge in [0.05, 0.1) is 11.8 Å².